The molecule has 0 saturated heterocycles. The van der Waals surface area contributed by atoms with E-state index in [1.807, 2.05) is 0 Å². The maximum Gasteiger partial charge on any atom is 0.176 e. The summed E-state index contributed by atoms with van der Waals surface area (Å²) >= 11 is 5.91. The standard InChI is InChI=1S/C13H17ClO2S/c1-10(2)7-8-17(16)9-13(15)11-5-3-4-6-12(11)14/h3-6,10H,7-9H2,1-2H3. The molecule has 94 valence electrons. The summed E-state index contributed by atoms with van der Waals surface area (Å²) in [6, 6.07) is 6.88. The van der Waals surface area contributed by atoms with Crippen LogP contribution in [0, 0.1) is 5.92 Å². The lowest BCUT2D eigenvalue weighted by Crippen LogP contribution is -2.14. The molecule has 0 aromatic heterocycles. The summed E-state index contributed by atoms with van der Waals surface area (Å²) in [7, 11) is -1.09. The zero-order valence-electron chi connectivity index (χ0n) is 10.1. The minimum absolute atomic E-state index is 0.0659. The summed E-state index contributed by atoms with van der Waals surface area (Å²) in [6.45, 7) is 4.15. The third-order valence-corrected chi connectivity index (χ3v) is 3.99. The van der Waals surface area contributed by atoms with Gasteiger partial charge in [-0.3, -0.25) is 9.00 Å². The molecule has 0 heterocycles. The van der Waals surface area contributed by atoms with Crippen molar-refractivity contribution in [2.24, 2.45) is 5.92 Å². The van der Waals surface area contributed by atoms with Crippen molar-refractivity contribution >= 4 is 28.2 Å². The Labute approximate surface area is 110 Å². The first kappa shape index (κ1) is 14.4. The number of benzene rings is 1. The first-order valence-corrected chi connectivity index (χ1v) is 7.50. The summed E-state index contributed by atoms with van der Waals surface area (Å²) < 4.78 is 11.7. The predicted molar refractivity (Wildman–Crippen MR) is 73.1 cm³/mol. The first-order valence-electron chi connectivity index (χ1n) is 5.63. The Balaban J connectivity index is 2.55. The molecule has 0 aliphatic carbocycles. The summed E-state index contributed by atoms with van der Waals surface area (Å²) in [5.74, 6) is 1.01. The quantitative estimate of drug-likeness (QED) is 0.745. The molecule has 17 heavy (non-hydrogen) atoms. The molecule has 0 spiro atoms. The Morgan fingerprint density at radius 1 is 1.35 bits per heavy atom. The Hall–Kier alpha value is -0.670. The van der Waals surface area contributed by atoms with Crippen molar-refractivity contribution in [2.45, 2.75) is 20.3 Å². The number of Topliss-reactive ketones (excluding diaryl/α,β-unsaturated/α-hetero) is 1. The van der Waals surface area contributed by atoms with Gasteiger partial charge in [0.1, 0.15) is 0 Å². The molecule has 0 bridgehead atoms. The summed E-state index contributed by atoms with van der Waals surface area (Å²) in [6.07, 6.45) is 0.877. The number of carbonyl (C=O) groups is 1. The van der Waals surface area contributed by atoms with Gasteiger partial charge in [-0.15, -0.1) is 0 Å². The van der Waals surface area contributed by atoms with Crippen LogP contribution in [0.3, 0.4) is 0 Å². The van der Waals surface area contributed by atoms with E-state index in [9.17, 15) is 9.00 Å². The van der Waals surface area contributed by atoms with E-state index >= 15 is 0 Å². The Kier molecular flexibility index (Phi) is 5.86. The highest BCUT2D eigenvalue weighted by Gasteiger charge is 2.13. The van der Waals surface area contributed by atoms with Gasteiger partial charge < -0.3 is 0 Å². The van der Waals surface area contributed by atoms with Crippen molar-refractivity contribution in [2.75, 3.05) is 11.5 Å². The van der Waals surface area contributed by atoms with Gasteiger partial charge in [-0.05, 0) is 24.5 Å². The zero-order valence-corrected chi connectivity index (χ0v) is 11.7. The SMILES string of the molecule is CC(C)CCS(=O)CC(=O)c1ccccc1Cl. The predicted octanol–water partition coefficient (Wildman–Crippen LogP) is 3.32. The molecule has 2 nitrogen and oxygen atoms in total. The third kappa shape index (κ3) is 5.00. The van der Waals surface area contributed by atoms with Crippen LogP contribution in [-0.4, -0.2) is 21.5 Å². The molecule has 0 amide bonds. The van der Waals surface area contributed by atoms with E-state index in [1.165, 1.54) is 0 Å². The smallest absolute Gasteiger partial charge is 0.176 e. The fraction of sp³-hybridized carbons (Fsp3) is 0.462. The maximum atomic E-state index is 11.8. The van der Waals surface area contributed by atoms with Crippen molar-refractivity contribution in [1.29, 1.82) is 0 Å². The van der Waals surface area contributed by atoms with Gasteiger partial charge in [-0.1, -0.05) is 37.6 Å². The highest BCUT2D eigenvalue weighted by Crippen LogP contribution is 2.16. The third-order valence-electron chi connectivity index (χ3n) is 2.39. The number of hydrogen-bond donors (Lipinski definition) is 0. The van der Waals surface area contributed by atoms with Crippen molar-refractivity contribution in [3.05, 3.63) is 34.9 Å². The van der Waals surface area contributed by atoms with Crippen LogP contribution in [0.4, 0.5) is 0 Å². The van der Waals surface area contributed by atoms with Crippen LogP contribution in [-0.2, 0) is 10.8 Å². The minimum atomic E-state index is -1.09. The van der Waals surface area contributed by atoms with E-state index in [0.717, 1.165) is 6.42 Å². The van der Waals surface area contributed by atoms with Crippen LogP contribution < -0.4 is 0 Å². The van der Waals surface area contributed by atoms with Gasteiger partial charge in [0, 0.05) is 22.1 Å². The Morgan fingerprint density at radius 2 is 2.00 bits per heavy atom. The highest BCUT2D eigenvalue weighted by atomic mass is 35.5. The molecular weight excluding hydrogens is 256 g/mol. The Morgan fingerprint density at radius 3 is 2.59 bits per heavy atom. The van der Waals surface area contributed by atoms with Gasteiger partial charge in [0.25, 0.3) is 0 Å². The second kappa shape index (κ2) is 6.92. The normalized spacial score (nSPS) is 12.7. The fourth-order valence-electron chi connectivity index (χ4n) is 1.35. The van der Waals surface area contributed by atoms with Crippen LogP contribution in [0.1, 0.15) is 30.6 Å². The maximum absolute atomic E-state index is 11.8. The van der Waals surface area contributed by atoms with E-state index < -0.39 is 10.8 Å². The van der Waals surface area contributed by atoms with Gasteiger partial charge in [0.15, 0.2) is 5.78 Å². The lowest BCUT2D eigenvalue weighted by atomic mass is 10.1. The van der Waals surface area contributed by atoms with Gasteiger partial charge in [-0.25, -0.2) is 0 Å². The summed E-state index contributed by atoms with van der Waals surface area (Å²) in [5, 5.41) is 0.429. The molecule has 1 aromatic rings. The minimum Gasteiger partial charge on any atom is -0.293 e. The molecular formula is C13H17ClO2S. The number of halogens is 1. The van der Waals surface area contributed by atoms with Gasteiger partial charge in [-0.2, -0.15) is 0 Å². The van der Waals surface area contributed by atoms with Crippen molar-refractivity contribution in [1.82, 2.24) is 0 Å². The van der Waals surface area contributed by atoms with Crippen LogP contribution in [0.15, 0.2) is 24.3 Å². The molecule has 1 rings (SSSR count). The monoisotopic (exact) mass is 272 g/mol. The van der Waals surface area contributed by atoms with Crippen molar-refractivity contribution in [3.63, 3.8) is 0 Å². The largest absolute Gasteiger partial charge is 0.293 e. The molecule has 0 fully saturated rings. The van der Waals surface area contributed by atoms with E-state index in [2.05, 4.69) is 13.8 Å². The zero-order chi connectivity index (χ0) is 12.8. The van der Waals surface area contributed by atoms with Gasteiger partial charge >= 0.3 is 0 Å². The van der Waals surface area contributed by atoms with Crippen molar-refractivity contribution < 1.29 is 9.00 Å². The molecule has 0 saturated carbocycles. The molecule has 0 aliphatic rings. The molecule has 1 unspecified atom stereocenters. The molecule has 1 atom stereocenters. The van der Waals surface area contributed by atoms with Crippen LogP contribution in [0.5, 0.6) is 0 Å². The van der Waals surface area contributed by atoms with Gasteiger partial charge in [0.2, 0.25) is 0 Å². The summed E-state index contributed by atoms with van der Waals surface area (Å²) in [5.41, 5.74) is 0.465. The van der Waals surface area contributed by atoms with E-state index in [4.69, 9.17) is 11.6 Å². The summed E-state index contributed by atoms with van der Waals surface area (Å²) in [4.78, 5) is 11.8. The lowest BCUT2D eigenvalue weighted by molar-refractivity contribution is 0.102. The van der Waals surface area contributed by atoms with Gasteiger partial charge in [0.05, 0.1) is 10.8 Å². The number of carbonyl (C=O) groups excluding carboxylic acids is 1. The van der Waals surface area contributed by atoms with E-state index in [-0.39, 0.29) is 11.5 Å². The number of rotatable bonds is 6. The van der Waals surface area contributed by atoms with Crippen LogP contribution in [0.2, 0.25) is 5.02 Å². The van der Waals surface area contributed by atoms with Crippen LogP contribution in [0.25, 0.3) is 0 Å². The molecule has 4 heteroatoms. The second-order valence-electron chi connectivity index (χ2n) is 4.37. The number of ketones is 1. The Bertz CT molecular complexity index is 416. The average molecular weight is 273 g/mol. The molecule has 0 radical (unpaired) electrons. The topological polar surface area (TPSA) is 34.1 Å². The number of hydrogen-bond acceptors (Lipinski definition) is 2. The van der Waals surface area contributed by atoms with E-state index in [0.29, 0.717) is 22.3 Å². The molecule has 0 N–H and O–H groups in total. The lowest BCUT2D eigenvalue weighted by Gasteiger charge is -2.05. The second-order valence-corrected chi connectivity index (χ2v) is 6.36. The highest BCUT2D eigenvalue weighted by molar-refractivity contribution is 7.85. The van der Waals surface area contributed by atoms with Crippen LogP contribution >= 0.6 is 11.6 Å². The molecule has 0 aliphatic heterocycles. The molecule has 1 aromatic carbocycles. The fourth-order valence-corrected chi connectivity index (χ4v) is 2.92. The average Bonchev–Trinajstić information content (AvgIpc) is 2.26. The first-order chi connectivity index (χ1) is 8.00. The van der Waals surface area contributed by atoms with E-state index in [1.54, 1.807) is 24.3 Å². The van der Waals surface area contributed by atoms with Crippen molar-refractivity contribution in [3.8, 4) is 0 Å².